The summed E-state index contributed by atoms with van der Waals surface area (Å²) in [4.78, 5) is 11.7. The zero-order valence-corrected chi connectivity index (χ0v) is 10.0. The predicted molar refractivity (Wildman–Crippen MR) is 61.8 cm³/mol. The van der Waals surface area contributed by atoms with E-state index in [9.17, 15) is 22.4 Å². The van der Waals surface area contributed by atoms with Gasteiger partial charge in [0.25, 0.3) is 5.91 Å². The molecule has 6 heteroatoms. The van der Waals surface area contributed by atoms with Crippen LogP contribution in [0.25, 0.3) is 0 Å². The van der Waals surface area contributed by atoms with Gasteiger partial charge in [0, 0.05) is 18.0 Å². The number of rotatable bonds is 3. The van der Waals surface area contributed by atoms with E-state index in [-0.39, 0.29) is 18.0 Å². The van der Waals surface area contributed by atoms with Gasteiger partial charge in [-0.3, -0.25) is 4.79 Å². The Labute approximate surface area is 107 Å². The number of halogens is 4. The second kappa shape index (κ2) is 5.74. The van der Waals surface area contributed by atoms with E-state index in [0.29, 0.717) is 12.1 Å². The van der Waals surface area contributed by atoms with Crippen LogP contribution >= 0.6 is 0 Å². The van der Waals surface area contributed by atoms with E-state index in [4.69, 9.17) is 6.42 Å². The van der Waals surface area contributed by atoms with E-state index in [1.165, 1.54) is 0 Å². The van der Waals surface area contributed by atoms with Gasteiger partial charge in [0.05, 0.1) is 5.56 Å². The molecule has 0 saturated heterocycles. The van der Waals surface area contributed by atoms with Crippen molar-refractivity contribution in [1.82, 2.24) is 5.32 Å². The first-order chi connectivity index (χ1) is 8.75. The standard InChI is InChI=1S/C13H11F4NO/c1-3-4-8(2)18-12(19)9-5-6-11(14)10(7-9)13(15,16)17/h1,5-8H,4H2,2H3,(H,18,19). The third-order valence-electron chi connectivity index (χ3n) is 2.34. The Morgan fingerprint density at radius 2 is 2.11 bits per heavy atom. The van der Waals surface area contributed by atoms with Gasteiger partial charge in [-0.15, -0.1) is 12.3 Å². The molecule has 0 bridgehead atoms. The first kappa shape index (κ1) is 15.0. The molecule has 0 aliphatic heterocycles. The Morgan fingerprint density at radius 1 is 1.47 bits per heavy atom. The summed E-state index contributed by atoms with van der Waals surface area (Å²) >= 11 is 0. The average molecular weight is 273 g/mol. The first-order valence-electron chi connectivity index (χ1n) is 5.36. The molecular weight excluding hydrogens is 262 g/mol. The maximum Gasteiger partial charge on any atom is 0.419 e. The lowest BCUT2D eigenvalue weighted by Gasteiger charge is -2.13. The third-order valence-corrected chi connectivity index (χ3v) is 2.34. The van der Waals surface area contributed by atoms with Gasteiger partial charge in [-0.2, -0.15) is 13.2 Å². The van der Waals surface area contributed by atoms with Crippen LogP contribution in [0.15, 0.2) is 18.2 Å². The summed E-state index contributed by atoms with van der Waals surface area (Å²) in [5.41, 5.74) is -1.73. The van der Waals surface area contributed by atoms with Gasteiger partial charge in [-0.05, 0) is 25.1 Å². The maximum atomic E-state index is 13.0. The molecule has 0 saturated carbocycles. The predicted octanol–water partition coefficient (Wildman–Crippen LogP) is 2.99. The molecular formula is C13H11F4NO. The largest absolute Gasteiger partial charge is 0.419 e. The Hall–Kier alpha value is -2.03. The van der Waals surface area contributed by atoms with E-state index in [2.05, 4.69) is 11.2 Å². The number of nitrogens with one attached hydrogen (secondary N) is 1. The summed E-state index contributed by atoms with van der Waals surface area (Å²) in [6.07, 6.45) is 0.452. The Balaban J connectivity index is 2.97. The van der Waals surface area contributed by atoms with Gasteiger partial charge in [-0.25, -0.2) is 4.39 Å². The summed E-state index contributed by atoms with van der Waals surface area (Å²) in [6.45, 7) is 1.62. The summed E-state index contributed by atoms with van der Waals surface area (Å²) < 4.78 is 50.5. The first-order valence-corrected chi connectivity index (χ1v) is 5.36. The van der Waals surface area contributed by atoms with Crippen molar-refractivity contribution in [3.8, 4) is 12.3 Å². The van der Waals surface area contributed by atoms with Gasteiger partial charge in [0.2, 0.25) is 0 Å². The zero-order chi connectivity index (χ0) is 14.6. The number of carbonyl (C=O) groups excluding carboxylic acids is 1. The minimum Gasteiger partial charge on any atom is -0.349 e. The SMILES string of the molecule is C#CCC(C)NC(=O)c1ccc(F)c(C(F)(F)F)c1. The van der Waals surface area contributed by atoms with Gasteiger partial charge < -0.3 is 5.32 Å². The molecule has 0 spiro atoms. The van der Waals surface area contributed by atoms with Crippen LogP contribution in [0.5, 0.6) is 0 Å². The summed E-state index contributed by atoms with van der Waals surface area (Å²) in [5.74, 6) is 0.170. The van der Waals surface area contributed by atoms with Crippen LogP contribution < -0.4 is 5.32 Å². The second-order valence-corrected chi connectivity index (χ2v) is 3.98. The van der Waals surface area contributed by atoms with Crippen LogP contribution in [0.4, 0.5) is 17.6 Å². The van der Waals surface area contributed by atoms with Gasteiger partial charge in [-0.1, -0.05) is 0 Å². The number of carbonyl (C=O) groups is 1. The van der Waals surface area contributed by atoms with Gasteiger partial charge in [0.1, 0.15) is 5.82 Å². The highest BCUT2D eigenvalue weighted by Crippen LogP contribution is 2.31. The maximum absolute atomic E-state index is 13.0. The molecule has 1 unspecified atom stereocenters. The molecule has 1 rings (SSSR count). The van der Waals surface area contributed by atoms with Crippen molar-refractivity contribution in [2.24, 2.45) is 0 Å². The summed E-state index contributed by atoms with van der Waals surface area (Å²) in [6, 6.07) is 1.70. The fourth-order valence-corrected chi connectivity index (χ4v) is 1.42. The van der Waals surface area contributed by atoms with Crippen molar-refractivity contribution in [3.63, 3.8) is 0 Å². The number of terminal acetylenes is 1. The molecule has 0 aliphatic rings. The van der Waals surface area contributed by atoms with E-state index >= 15 is 0 Å². The number of hydrogen-bond donors (Lipinski definition) is 1. The Morgan fingerprint density at radius 3 is 2.63 bits per heavy atom. The van der Waals surface area contributed by atoms with Crippen LogP contribution in [-0.4, -0.2) is 11.9 Å². The molecule has 0 aliphatic carbocycles. The molecule has 2 nitrogen and oxygen atoms in total. The molecule has 1 amide bonds. The molecule has 0 aromatic heterocycles. The normalized spacial score (nSPS) is 12.6. The number of alkyl halides is 3. The highest BCUT2D eigenvalue weighted by molar-refractivity contribution is 5.94. The Kier molecular flexibility index (Phi) is 4.54. The Bertz CT molecular complexity index is 516. The van der Waals surface area contributed by atoms with Crippen molar-refractivity contribution in [3.05, 3.63) is 35.1 Å². The number of benzene rings is 1. The molecule has 1 atom stereocenters. The molecule has 19 heavy (non-hydrogen) atoms. The van der Waals surface area contributed by atoms with E-state index in [1.54, 1.807) is 6.92 Å². The minimum atomic E-state index is -4.84. The van der Waals surface area contributed by atoms with Crippen molar-refractivity contribution in [2.45, 2.75) is 25.6 Å². The van der Waals surface area contributed by atoms with Crippen LogP contribution in [0.3, 0.4) is 0 Å². The molecule has 102 valence electrons. The highest BCUT2D eigenvalue weighted by atomic mass is 19.4. The quantitative estimate of drug-likeness (QED) is 0.665. The lowest BCUT2D eigenvalue weighted by molar-refractivity contribution is -0.140. The van der Waals surface area contributed by atoms with Crippen molar-refractivity contribution in [2.75, 3.05) is 0 Å². The molecule has 1 aromatic carbocycles. The lowest BCUT2D eigenvalue weighted by Crippen LogP contribution is -2.32. The summed E-state index contributed by atoms with van der Waals surface area (Å²) in [5, 5.41) is 2.42. The van der Waals surface area contributed by atoms with E-state index < -0.39 is 23.5 Å². The monoisotopic (exact) mass is 273 g/mol. The number of hydrogen-bond acceptors (Lipinski definition) is 1. The van der Waals surface area contributed by atoms with E-state index in [0.717, 1.165) is 6.07 Å². The zero-order valence-electron chi connectivity index (χ0n) is 10.0. The smallest absolute Gasteiger partial charge is 0.349 e. The molecule has 0 heterocycles. The van der Waals surface area contributed by atoms with E-state index in [1.807, 2.05) is 0 Å². The van der Waals surface area contributed by atoms with Gasteiger partial charge in [0.15, 0.2) is 0 Å². The van der Waals surface area contributed by atoms with Crippen molar-refractivity contribution >= 4 is 5.91 Å². The van der Waals surface area contributed by atoms with Crippen LogP contribution in [-0.2, 0) is 6.18 Å². The fourth-order valence-electron chi connectivity index (χ4n) is 1.42. The van der Waals surface area contributed by atoms with Crippen LogP contribution in [0.2, 0.25) is 0 Å². The molecule has 1 aromatic rings. The second-order valence-electron chi connectivity index (χ2n) is 3.98. The van der Waals surface area contributed by atoms with Crippen LogP contribution in [0.1, 0.15) is 29.3 Å². The molecule has 1 N–H and O–H groups in total. The molecule has 0 fully saturated rings. The summed E-state index contributed by atoms with van der Waals surface area (Å²) in [7, 11) is 0. The minimum absolute atomic E-state index is 0.249. The van der Waals surface area contributed by atoms with Crippen molar-refractivity contribution < 1.29 is 22.4 Å². The lowest BCUT2D eigenvalue weighted by atomic mass is 10.1. The van der Waals surface area contributed by atoms with Gasteiger partial charge >= 0.3 is 6.18 Å². The molecule has 0 radical (unpaired) electrons. The fraction of sp³-hybridized carbons (Fsp3) is 0.308. The highest BCUT2D eigenvalue weighted by Gasteiger charge is 2.34. The van der Waals surface area contributed by atoms with Crippen LogP contribution in [0, 0.1) is 18.2 Å². The number of amides is 1. The third kappa shape index (κ3) is 3.98. The topological polar surface area (TPSA) is 29.1 Å². The van der Waals surface area contributed by atoms with Crippen molar-refractivity contribution in [1.29, 1.82) is 0 Å². The average Bonchev–Trinajstić information content (AvgIpc) is 2.27.